The Morgan fingerprint density at radius 3 is 2.08 bits per heavy atom. The maximum Gasteiger partial charge on any atom is 0.0210 e. The SMILES string of the molecule is CC1CC(C)CC(C(C)NN)C1. The van der Waals surface area contributed by atoms with E-state index in [4.69, 9.17) is 5.84 Å². The molecule has 2 heteroatoms. The highest BCUT2D eigenvalue weighted by atomic mass is 15.2. The van der Waals surface area contributed by atoms with Gasteiger partial charge < -0.3 is 0 Å². The molecule has 1 rings (SSSR count). The molecule has 1 saturated carbocycles. The minimum absolute atomic E-state index is 0.482. The van der Waals surface area contributed by atoms with Crippen LogP contribution in [0.1, 0.15) is 40.0 Å². The Kier molecular flexibility index (Phi) is 3.53. The van der Waals surface area contributed by atoms with Crippen molar-refractivity contribution in [2.75, 3.05) is 0 Å². The highest BCUT2D eigenvalue weighted by molar-refractivity contribution is 4.80. The van der Waals surface area contributed by atoms with Crippen LogP contribution >= 0.6 is 0 Å². The molecule has 0 spiro atoms. The van der Waals surface area contributed by atoms with Crippen molar-refractivity contribution >= 4 is 0 Å². The zero-order valence-corrected chi connectivity index (χ0v) is 8.51. The first kappa shape index (κ1) is 10.0. The van der Waals surface area contributed by atoms with Crippen LogP contribution in [0.3, 0.4) is 0 Å². The van der Waals surface area contributed by atoms with E-state index in [9.17, 15) is 0 Å². The summed E-state index contributed by atoms with van der Waals surface area (Å²) in [5.41, 5.74) is 2.88. The van der Waals surface area contributed by atoms with Gasteiger partial charge in [-0.25, -0.2) is 0 Å². The molecule has 0 bridgehead atoms. The third kappa shape index (κ3) is 2.46. The molecule has 12 heavy (non-hydrogen) atoms. The Balaban J connectivity index is 2.43. The van der Waals surface area contributed by atoms with Crippen LogP contribution in [0.15, 0.2) is 0 Å². The van der Waals surface area contributed by atoms with Crippen LogP contribution in [0.25, 0.3) is 0 Å². The highest BCUT2D eigenvalue weighted by Gasteiger charge is 2.26. The molecule has 3 N–H and O–H groups in total. The molecular weight excluding hydrogens is 148 g/mol. The van der Waals surface area contributed by atoms with Gasteiger partial charge in [0.25, 0.3) is 0 Å². The Hall–Kier alpha value is -0.0800. The van der Waals surface area contributed by atoms with E-state index in [1.54, 1.807) is 0 Å². The van der Waals surface area contributed by atoms with Crippen LogP contribution in [0.4, 0.5) is 0 Å². The first-order chi connectivity index (χ1) is 5.63. The van der Waals surface area contributed by atoms with Crippen LogP contribution in [0.2, 0.25) is 0 Å². The summed E-state index contributed by atoms with van der Waals surface area (Å²) in [6.45, 7) is 6.90. The number of hydrazine groups is 1. The molecule has 0 amide bonds. The summed E-state index contributed by atoms with van der Waals surface area (Å²) in [5.74, 6) is 8.00. The second-order valence-electron chi connectivity index (χ2n) is 4.63. The van der Waals surface area contributed by atoms with Crippen molar-refractivity contribution in [3.05, 3.63) is 0 Å². The maximum atomic E-state index is 5.44. The average molecular weight is 170 g/mol. The lowest BCUT2D eigenvalue weighted by Crippen LogP contribution is -2.41. The molecule has 0 aromatic rings. The van der Waals surface area contributed by atoms with E-state index >= 15 is 0 Å². The van der Waals surface area contributed by atoms with Gasteiger partial charge in [-0.15, -0.1) is 0 Å². The summed E-state index contributed by atoms with van der Waals surface area (Å²) in [6, 6.07) is 0.482. The molecule has 3 atom stereocenters. The third-order valence-electron chi connectivity index (χ3n) is 3.18. The van der Waals surface area contributed by atoms with Gasteiger partial charge >= 0.3 is 0 Å². The normalized spacial score (nSPS) is 39.5. The lowest BCUT2D eigenvalue weighted by atomic mass is 9.74. The molecule has 1 aliphatic rings. The molecule has 2 nitrogen and oxygen atoms in total. The Labute approximate surface area is 75.9 Å². The lowest BCUT2D eigenvalue weighted by molar-refractivity contribution is 0.183. The minimum atomic E-state index is 0.482. The van der Waals surface area contributed by atoms with Gasteiger partial charge in [0.15, 0.2) is 0 Å². The predicted octanol–water partition coefficient (Wildman–Crippen LogP) is 1.91. The van der Waals surface area contributed by atoms with E-state index in [-0.39, 0.29) is 0 Å². The molecule has 0 saturated heterocycles. The van der Waals surface area contributed by atoms with Crippen molar-refractivity contribution in [1.29, 1.82) is 0 Å². The number of rotatable bonds is 2. The molecule has 0 aromatic carbocycles. The van der Waals surface area contributed by atoms with E-state index in [0.717, 1.165) is 17.8 Å². The largest absolute Gasteiger partial charge is 0.271 e. The summed E-state index contributed by atoms with van der Waals surface area (Å²) in [7, 11) is 0. The highest BCUT2D eigenvalue weighted by Crippen LogP contribution is 2.34. The molecule has 0 radical (unpaired) electrons. The molecule has 1 aliphatic carbocycles. The molecule has 0 aliphatic heterocycles. The van der Waals surface area contributed by atoms with Gasteiger partial charge in [0.2, 0.25) is 0 Å². The second kappa shape index (κ2) is 4.24. The van der Waals surface area contributed by atoms with Gasteiger partial charge in [-0.1, -0.05) is 13.8 Å². The fraction of sp³-hybridized carbons (Fsp3) is 1.00. The quantitative estimate of drug-likeness (QED) is 0.491. The Morgan fingerprint density at radius 2 is 1.67 bits per heavy atom. The summed E-state index contributed by atoms with van der Waals surface area (Å²) >= 11 is 0. The van der Waals surface area contributed by atoms with Crippen LogP contribution in [0, 0.1) is 17.8 Å². The zero-order chi connectivity index (χ0) is 9.14. The third-order valence-corrected chi connectivity index (χ3v) is 3.18. The fourth-order valence-electron chi connectivity index (χ4n) is 2.55. The van der Waals surface area contributed by atoms with Gasteiger partial charge in [0, 0.05) is 6.04 Å². The van der Waals surface area contributed by atoms with Gasteiger partial charge in [0.1, 0.15) is 0 Å². The van der Waals surface area contributed by atoms with Crippen LogP contribution in [-0.2, 0) is 0 Å². The first-order valence-electron chi connectivity index (χ1n) is 5.09. The molecular formula is C10H22N2. The van der Waals surface area contributed by atoms with Gasteiger partial charge in [-0.05, 0) is 43.9 Å². The van der Waals surface area contributed by atoms with Crippen molar-refractivity contribution in [1.82, 2.24) is 5.43 Å². The smallest absolute Gasteiger partial charge is 0.0210 e. The first-order valence-corrected chi connectivity index (χ1v) is 5.09. The maximum absolute atomic E-state index is 5.44. The van der Waals surface area contributed by atoms with E-state index in [1.807, 2.05) is 0 Å². The molecule has 72 valence electrons. The van der Waals surface area contributed by atoms with Crippen molar-refractivity contribution in [3.8, 4) is 0 Å². The van der Waals surface area contributed by atoms with Crippen molar-refractivity contribution in [2.24, 2.45) is 23.6 Å². The van der Waals surface area contributed by atoms with Crippen molar-refractivity contribution < 1.29 is 0 Å². The molecule has 1 fully saturated rings. The van der Waals surface area contributed by atoms with Crippen LogP contribution in [-0.4, -0.2) is 6.04 Å². The van der Waals surface area contributed by atoms with Gasteiger partial charge in [-0.3, -0.25) is 11.3 Å². The number of hydrogen-bond acceptors (Lipinski definition) is 2. The monoisotopic (exact) mass is 170 g/mol. The fourth-order valence-corrected chi connectivity index (χ4v) is 2.55. The summed E-state index contributed by atoms with van der Waals surface area (Å²) in [6.07, 6.45) is 4.08. The van der Waals surface area contributed by atoms with Crippen molar-refractivity contribution in [3.63, 3.8) is 0 Å². The van der Waals surface area contributed by atoms with Crippen molar-refractivity contribution in [2.45, 2.75) is 46.1 Å². The summed E-state index contributed by atoms with van der Waals surface area (Å²) < 4.78 is 0. The summed E-state index contributed by atoms with van der Waals surface area (Å²) in [5, 5.41) is 0. The van der Waals surface area contributed by atoms with E-state index in [2.05, 4.69) is 26.2 Å². The van der Waals surface area contributed by atoms with E-state index < -0.39 is 0 Å². The zero-order valence-electron chi connectivity index (χ0n) is 8.51. The number of nitrogens with two attached hydrogens (primary N) is 1. The molecule has 0 aromatic heterocycles. The standard InChI is InChI=1S/C10H22N2/c1-7-4-8(2)6-10(5-7)9(3)12-11/h7-10,12H,4-6,11H2,1-3H3. The lowest BCUT2D eigenvalue weighted by Gasteiger charge is -2.34. The topological polar surface area (TPSA) is 38.0 Å². The molecule has 0 heterocycles. The average Bonchev–Trinajstić information content (AvgIpc) is 2.01. The summed E-state index contributed by atoms with van der Waals surface area (Å²) in [4.78, 5) is 0. The van der Waals surface area contributed by atoms with Gasteiger partial charge in [0.05, 0.1) is 0 Å². The minimum Gasteiger partial charge on any atom is -0.271 e. The van der Waals surface area contributed by atoms with Crippen LogP contribution in [0.5, 0.6) is 0 Å². The Morgan fingerprint density at radius 1 is 1.17 bits per heavy atom. The number of hydrogen-bond donors (Lipinski definition) is 2. The van der Waals surface area contributed by atoms with E-state index in [0.29, 0.717) is 6.04 Å². The number of nitrogens with one attached hydrogen (secondary N) is 1. The van der Waals surface area contributed by atoms with Crippen LogP contribution < -0.4 is 11.3 Å². The predicted molar refractivity (Wildman–Crippen MR) is 52.5 cm³/mol. The van der Waals surface area contributed by atoms with E-state index in [1.165, 1.54) is 19.3 Å². The van der Waals surface area contributed by atoms with Gasteiger partial charge in [-0.2, -0.15) is 0 Å². The Bertz CT molecular complexity index is 126. The molecule has 3 unspecified atom stereocenters. The second-order valence-corrected chi connectivity index (χ2v) is 4.63.